The molecule has 0 aliphatic rings. The van der Waals surface area contributed by atoms with E-state index in [2.05, 4.69) is 69.5 Å². The van der Waals surface area contributed by atoms with E-state index in [1.807, 2.05) is 24.3 Å². The van der Waals surface area contributed by atoms with E-state index in [1.165, 1.54) is 11.1 Å². The first-order chi connectivity index (χ1) is 12.2. The molecule has 0 aromatic heterocycles. The molecule has 2 N–H and O–H groups in total. The van der Waals surface area contributed by atoms with Crippen LogP contribution in [0.2, 0.25) is 10.0 Å². The maximum absolute atomic E-state index is 6.01. The van der Waals surface area contributed by atoms with Gasteiger partial charge in [-0.2, -0.15) is 0 Å². The van der Waals surface area contributed by atoms with Gasteiger partial charge in [-0.15, -0.1) is 0 Å². The predicted octanol–water partition coefficient (Wildman–Crippen LogP) is 6.41. The monoisotopic (exact) mass is 392 g/mol. The highest BCUT2D eigenvalue weighted by molar-refractivity contribution is 6.30. The van der Waals surface area contributed by atoms with E-state index >= 15 is 0 Å². The Morgan fingerprint density at radius 3 is 1.62 bits per heavy atom. The highest BCUT2D eigenvalue weighted by Gasteiger charge is 2.26. The molecular weight excluding hydrogens is 363 g/mol. The molecule has 2 aromatic rings. The molecule has 0 heterocycles. The fourth-order valence-electron chi connectivity index (χ4n) is 2.93. The van der Waals surface area contributed by atoms with E-state index in [4.69, 9.17) is 23.2 Å². The molecule has 2 aromatic carbocycles. The Kier molecular flexibility index (Phi) is 7.54. The number of rotatable bonds is 7. The molecule has 0 saturated carbocycles. The molecule has 2 nitrogen and oxygen atoms in total. The fraction of sp³-hybridized carbons (Fsp3) is 0.455. The van der Waals surface area contributed by atoms with Gasteiger partial charge in [0.1, 0.15) is 0 Å². The summed E-state index contributed by atoms with van der Waals surface area (Å²) in [5.41, 5.74) is 2.62. The van der Waals surface area contributed by atoms with E-state index in [1.54, 1.807) is 0 Å². The summed E-state index contributed by atoms with van der Waals surface area (Å²) in [6.07, 6.45) is 0. The van der Waals surface area contributed by atoms with Crippen molar-refractivity contribution in [2.75, 3.05) is 6.54 Å². The molecule has 0 unspecified atom stereocenters. The third kappa shape index (κ3) is 6.28. The molecule has 2 rings (SSSR count). The van der Waals surface area contributed by atoms with Gasteiger partial charge in [0.25, 0.3) is 0 Å². The van der Waals surface area contributed by atoms with E-state index in [0.29, 0.717) is 6.04 Å². The Hall–Kier alpha value is -1.06. The van der Waals surface area contributed by atoms with Crippen LogP contribution >= 0.6 is 23.2 Å². The largest absolute Gasteiger partial charge is 0.309 e. The van der Waals surface area contributed by atoms with Crippen molar-refractivity contribution < 1.29 is 0 Å². The first-order valence-corrected chi connectivity index (χ1v) is 9.93. The van der Waals surface area contributed by atoms with Crippen molar-refractivity contribution >= 4 is 23.2 Å². The normalized spacial score (nSPS) is 15.5. The molecule has 0 spiro atoms. The molecule has 0 aliphatic carbocycles. The van der Waals surface area contributed by atoms with Crippen LogP contribution in [-0.2, 0) is 0 Å². The second-order valence-corrected chi connectivity index (χ2v) is 8.91. The zero-order valence-electron chi connectivity index (χ0n) is 16.3. The van der Waals surface area contributed by atoms with E-state index < -0.39 is 0 Å². The minimum absolute atomic E-state index is 0.132. The summed E-state index contributed by atoms with van der Waals surface area (Å²) >= 11 is 12.0. The summed E-state index contributed by atoms with van der Waals surface area (Å²) in [6.45, 7) is 12.1. The van der Waals surface area contributed by atoms with E-state index in [9.17, 15) is 0 Å². The highest BCUT2D eigenvalue weighted by atomic mass is 35.5. The highest BCUT2D eigenvalue weighted by Crippen LogP contribution is 2.24. The van der Waals surface area contributed by atoms with Crippen LogP contribution in [0.3, 0.4) is 0 Å². The Morgan fingerprint density at radius 2 is 1.19 bits per heavy atom. The standard InChI is InChI=1S/C22H30Cl2N2/c1-15(17-6-10-19(23)11-7-17)25-14-21(22(3,4)5)26-16(2)18-8-12-20(24)13-9-18/h6-13,15-16,21,25-26H,14H2,1-5H3/t15-,16-,21-/m0/s1. The van der Waals surface area contributed by atoms with Gasteiger partial charge in [0, 0.05) is 34.7 Å². The van der Waals surface area contributed by atoms with Crippen LogP contribution in [0, 0.1) is 5.41 Å². The van der Waals surface area contributed by atoms with Gasteiger partial charge in [-0.1, -0.05) is 68.2 Å². The number of nitrogens with one attached hydrogen (secondary N) is 2. The second kappa shape index (κ2) is 9.23. The van der Waals surface area contributed by atoms with E-state index in [-0.39, 0.29) is 17.5 Å². The molecule has 142 valence electrons. The number of hydrogen-bond acceptors (Lipinski definition) is 2. The van der Waals surface area contributed by atoms with Crippen molar-refractivity contribution in [3.8, 4) is 0 Å². The van der Waals surface area contributed by atoms with Crippen molar-refractivity contribution in [2.24, 2.45) is 5.41 Å². The Bertz CT molecular complexity index is 675. The van der Waals surface area contributed by atoms with Crippen LogP contribution in [0.1, 0.15) is 57.8 Å². The summed E-state index contributed by atoms with van der Waals surface area (Å²) in [5, 5.41) is 8.99. The zero-order valence-corrected chi connectivity index (χ0v) is 17.8. The minimum atomic E-state index is 0.132. The average Bonchev–Trinajstić information content (AvgIpc) is 2.58. The summed E-state index contributed by atoms with van der Waals surface area (Å²) in [7, 11) is 0. The van der Waals surface area contributed by atoms with Gasteiger partial charge in [-0.3, -0.25) is 0 Å². The van der Waals surface area contributed by atoms with Gasteiger partial charge < -0.3 is 10.6 Å². The van der Waals surface area contributed by atoms with Gasteiger partial charge in [0.2, 0.25) is 0 Å². The predicted molar refractivity (Wildman–Crippen MR) is 114 cm³/mol. The summed E-state index contributed by atoms with van der Waals surface area (Å²) in [4.78, 5) is 0. The smallest absolute Gasteiger partial charge is 0.0406 e. The van der Waals surface area contributed by atoms with Gasteiger partial charge in [-0.25, -0.2) is 0 Å². The molecule has 0 radical (unpaired) electrons. The molecule has 26 heavy (non-hydrogen) atoms. The van der Waals surface area contributed by atoms with Gasteiger partial charge >= 0.3 is 0 Å². The van der Waals surface area contributed by atoms with Crippen LogP contribution in [0.15, 0.2) is 48.5 Å². The van der Waals surface area contributed by atoms with Gasteiger partial charge in [0.05, 0.1) is 0 Å². The lowest BCUT2D eigenvalue weighted by Gasteiger charge is -2.35. The van der Waals surface area contributed by atoms with Crippen molar-refractivity contribution in [3.05, 3.63) is 69.7 Å². The van der Waals surface area contributed by atoms with Crippen LogP contribution < -0.4 is 10.6 Å². The van der Waals surface area contributed by atoms with E-state index in [0.717, 1.165) is 16.6 Å². The minimum Gasteiger partial charge on any atom is -0.309 e. The lowest BCUT2D eigenvalue weighted by atomic mass is 9.85. The fourth-order valence-corrected chi connectivity index (χ4v) is 3.18. The lowest BCUT2D eigenvalue weighted by molar-refractivity contribution is 0.238. The van der Waals surface area contributed by atoms with Crippen LogP contribution in [0.25, 0.3) is 0 Å². The number of halogens is 2. The summed E-state index contributed by atoms with van der Waals surface area (Å²) in [5.74, 6) is 0. The quantitative estimate of drug-likeness (QED) is 0.568. The summed E-state index contributed by atoms with van der Waals surface area (Å²) in [6, 6.07) is 17.0. The van der Waals surface area contributed by atoms with Gasteiger partial charge in [0.15, 0.2) is 0 Å². The molecule has 0 fully saturated rings. The second-order valence-electron chi connectivity index (χ2n) is 8.04. The molecule has 0 amide bonds. The Balaban J connectivity index is 2.00. The molecule has 0 saturated heterocycles. The third-order valence-electron chi connectivity index (χ3n) is 4.86. The average molecular weight is 393 g/mol. The van der Waals surface area contributed by atoms with Crippen molar-refractivity contribution in [1.29, 1.82) is 0 Å². The van der Waals surface area contributed by atoms with Crippen molar-refractivity contribution in [3.63, 3.8) is 0 Å². The van der Waals surface area contributed by atoms with Crippen LogP contribution in [0.4, 0.5) is 0 Å². The van der Waals surface area contributed by atoms with Crippen LogP contribution in [-0.4, -0.2) is 12.6 Å². The molecule has 4 heteroatoms. The number of hydrogen-bond donors (Lipinski definition) is 2. The maximum atomic E-state index is 6.01. The first-order valence-electron chi connectivity index (χ1n) is 9.17. The van der Waals surface area contributed by atoms with Crippen molar-refractivity contribution in [1.82, 2.24) is 10.6 Å². The SMILES string of the molecule is C[C@H](NC[C@H](N[C@@H](C)c1ccc(Cl)cc1)C(C)(C)C)c1ccc(Cl)cc1. The Labute approximate surface area is 168 Å². The number of benzene rings is 2. The Morgan fingerprint density at radius 1 is 0.769 bits per heavy atom. The summed E-state index contributed by atoms with van der Waals surface area (Å²) < 4.78 is 0. The third-order valence-corrected chi connectivity index (χ3v) is 5.37. The van der Waals surface area contributed by atoms with Gasteiger partial charge in [-0.05, 0) is 54.7 Å². The molecule has 0 bridgehead atoms. The zero-order chi connectivity index (χ0) is 19.3. The molecule has 3 atom stereocenters. The maximum Gasteiger partial charge on any atom is 0.0406 e. The van der Waals surface area contributed by atoms with Crippen LogP contribution in [0.5, 0.6) is 0 Å². The first kappa shape index (κ1) is 21.2. The lowest BCUT2D eigenvalue weighted by Crippen LogP contribution is -2.48. The molecular formula is C22H30Cl2N2. The van der Waals surface area contributed by atoms with Crippen molar-refractivity contribution in [2.45, 2.75) is 52.7 Å². The topological polar surface area (TPSA) is 24.1 Å². The molecule has 0 aliphatic heterocycles.